The number of hydrogen-bond acceptors (Lipinski definition) is 5. The zero-order valence-corrected chi connectivity index (χ0v) is 16.1. The van der Waals surface area contributed by atoms with E-state index in [1.807, 2.05) is 25.1 Å². The van der Waals surface area contributed by atoms with Crippen LogP contribution in [0.3, 0.4) is 0 Å². The third kappa shape index (κ3) is 5.86. The zero-order valence-electron chi connectivity index (χ0n) is 16.1. The van der Waals surface area contributed by atoms with Crippen LogP contribution in [0.2, 0.25) is 0 Å². The number of carbonyl (C=O) groups is 1. The first-order valence-electron chi connectivity index (χ1n) is 8.68. The summed E-state index contributed by atoms with van der Waals surface area (Å²) in [5.41, 5.74) is 3.03. The van der Waals surface area contributed by atoms with Gasteiger partial charge in [0.25, 0.3) is 0 Å². The van der Waals surface area contributed by atoms with Crippen molar-refractivity contribution in [1.29, 1.82) is 0 Å². The van der Waals surface area contributed by atoms with Crippen molar-refractivity contribution in [2.45, 2.75) is 6.92 Å². The standard InChI is InChI=1S/C23H24O5/c1-16-4-5-17(13-22(16)27-2)8-10-20(25)12-19(15-24)7-6-18-9-11-21(26)23(14-18)28-3/h4-14,24,26H,15H2,1-3H3/p-1/b7-6+,10-8+,19-12-. The summed E-state index contributed by atoms with van der Waals surface area (Å²) in [5, 5.41) is 21.0. The normalized spacial score (nSPS) is 11.9. The van der Waals surface area contributed by atoms with Gasteiger partial charge < -0.3 is 19.7 Å². The van der Waals surface area contributed by atoms with Crippen molar-refractivity contribution in [3.63, 3.8) is 0 Å². The molecule has 2 rings (SSSR count). The highest BCUT2D eigenvalue weighted by molar-refractivity contribution is 6.02. The minimum atomic E-state index is -0.286. The molecule has 2 aromatic rings. The van der Waals surface area contributed by atoms with E-state index in [0.29, 0.717) is 5.57 Å². The molecule has 0 aliphatic carbocycles. The second kappa shape index (κ2) is 10.1. The van der Waals surface area contributed by atoms with E-state index in [1.54, 1.807) is 37.5 Å². The van der Waals surface area contributed by atoms with Gasteiger partial charge in [-0.3, -0.25) is 4.79 Å². The Morgan fingerprint density at radius 2 is 1.61 bits per heavy atom. The molecule has 0 unspecified atom stereocenters. The summed E-state index contributed by atoms with van der Waals surface area (Å²) in [7, 11) is 3.03. The number of rotatable bonds is 8. The highest BCUT2D eigenvalue weighted by Crippen LogP contribution is 2.24. The lowest BCUT2D eigenvalue weighted by Gasteiger charge is -2.12. The SMILES string of the molecule is COc1cc(/C=C/C(=O)/C=C(/C=C/c2ccc([O-])c(OC)c2)CO)ccc1C. The summed E-state index contributed by atoms with van der Waals surface area (Å²) in [6, 6.07) is 10.3. The first kappa shape index (κ1) is 21.0. The second-order valence-corrected chi connectivity index (χ2v) is 6.09. The van der Waals surface area contributed by atoms with Crippen LogP contribution in [0.25, 0.3) is 12.2 Å². The number of carbonyl (C=O) groups excluding carboxylic acids is 1. The van der Waals surface area contributed by atoms with Crippen molar-refractivity contribution in [3.05, 3.63) is 76.9 Å². The molecule has 5 heteroatoms. The highest BCUT2D eigenvalue weighted by atomic mass is 16.5. The summed E-state index contributed by atoms with van der Waals surface area (Å²) in [6.45, 7) is 1.66. The minimum Gasteiger partial charge on any atom is -0.870 e. The predicted molar refractivity (Wildman–Crippen MR) is 108 cm³/mol. The Kier molecular flexibility index (Phi) is 7.60. The summed E-state index contributed by atoms with van der Waals surface area (Å²) >= 11 is 0. The molecule has 0 spiro atoms. The number of aliphatic hydroxyl groups is 1. The molecule has 28 heavy (non-hydrogen) atoms. The maximum Gasteiger partial charge on any atom is 0.179 e. The van der Waals surface area contributed by atoms with Crippen LogP contribution in [0.1, 0.15) is 16.7 Å². The summed E-state index contributed by atoms with van der Waals surface area (Å²) < 4.78 is 10.3. The van der Waals surface area contributed by atoms with E-state index >= 15 is 0 Å². The van der Waals surface area contributed by atoms with Crippen LogP contribution >= 0.6 is 0 Å². The number of benzene rings is 2. The number of aliphatic hydroxyl groups excluding tert-OH is 1. The summed E-state index contributed by atoms with van der Waals surface area (Å²) in [4.78, 5) is 12.2. The Hall–Kier alpha value is -3.31. The second-order valence-electron chi connectivity index (χ2n) is 6.09. The van der Waals surface area contributed by atoms with Gasteiger partial charge in [0, 0.05) is 0 Å². The predicted octanol–water partition coefficient (Wildman–Crippen LogP) is 3.30. The van der Waals surface area contributed by atoms with E-state index in [-0.39, 0.29) is 23.9 Å². The van der Waals surface area contributed by atoms with Gasteiger partial charge in [-0.1, -0.05) is 48.2 Å². The van der Waals surface area contributed by atoms with Crippen LogP contribution in [0.4, 0.5) is 0 Å². The van der Waals surface area contributed by atoms with Crippen LogP contribution in [-0.4, -0.2) is 31.7 Å². The maximum atomic E-state index is 12.2. The number of hydrogen-bond donors (Lipinski definition) is 1. The van der Waals surface area contributed by atoms with Gasteiger partial charge in [-0.25, -0.2) is 0 Å². The molecular weight excluding hydrogens is 356 g/mol. The van der Waals surface area contributed by atoms with Gasteiger partial charge in [0.05, 0.1) is 20.8 Å². The Bertz CT molecular complexity index is 923. The van der Waals surface area contributed by atoms with Crippen molar-refractivity contribution >= 4 is 17.9 Å². The van der Waals surface area contributed by atoms with E-state index in [9.17, 15) is 15.0 Å². The van der Waals surface area contributed by atoms with Crippen molar-refractivity contribution in [1.82, 2.24) is 0 Å². The molecule has 0 aliphatic rings. The number of methoxy groups -OCH3 is 2. The van der Waals surface area contributed by atoms with E-state index in [1.165, 1.54) is 25.3 Å². The quantitative estimate of drug-likeness (QED) is 0.562. The third-order valence-electron chi connectivity index (χ3n) is 4.06. The van der Waals surface area contributed by atoms with Crippen molar-refractivity contribution < 1.29 is 24.5 Å². The van der Waals surface area contributed by atoms with Crippen LogP contribution in [0.15, 0.2) is 60.2 Å². The fourth-order valence-electron chi connectivity index (χ4n) is 2.49. The van der Waals surface area contributed by atoms with E-state index in [2.05, 4.69) is 0 Å². The number of ether oxygens (including phenoxy) is 2. The molecule has 146 valence electrons. The van der Waals surface area contributed by atoms with Crippen LogP contribution in [-0.2, 0) is 4.79 Å². The van der Waals surface area contributed by atoms with Crippen LogP contribution in [0, 0.1) is 6.92 Å². The lowest BCUT2D eigenvalue weighted by molar-refractivity contribution is -0.270. The molecule has 0 atom stereocenters. The minimum absolute atomic E-state index is 0.203. The molecule has 2 aromatic carbocycles. The van der Waals surface area contributed by atoms with Crippen LogP contribution in [0.5, 0.6) is 17.2 Å². The monoisotopic (exact) mass is 379 g/mol. The zero-order chi connectivity index (χ0) is 20.5. The topological polar surface area (TPSA) is 78.8 Å². The van der Waals surface area contributed by atoms with E-state index in [4.69, 9.17) is 9.47 Å². The number of allylic oxidation sites excluding steroid dienone is 2. The lowest BCUT2D eigenvalue weighted by Crippen LogP contribution is -1.95. The third-order valence-corrected chi connectivity index (χ3v) is 4.06. The van der Waals surface area contributed by atoms with Gasteiger partial charge in [-0.05, 0) is 53.5 Å². The summed E-state index contributed by atoms with van der Waals surface area (Å²) in [6.07, 6.45) is 7.81. The van der Waals surface area contributed by atoms with Gasteiger partial charge >= 0.3 is 0 Å². The molecule has 0 saturated heterocycles. The first-order chi connectivity index (χ1) is 13.5. The molecule has 0 fully saturated rings. The van der Waals surface area contributed by atoms with Gasteiger partial charge in [0.2, 0.25) is 0 Å². The number of aryl methyl sites for hydroxylation is 1. The molecule has 0 bridgehead atoms. The Morgan fingerprint density at radius 1 is 1.00 bits per heavy atom. The molecule has 0 aliphatic heterocycles. The summed E-state index contributed by atoms with van der Waals surface area (Å²) in [5.74, 6) is 0.541. The van der Waals surface area contributed by atoms with E-state index in [0.717, 1.165) is 22.4 Å². The maximum absolute atomic E-state index is 12.2. The Labute approximate surface area is 164 Å². The lowest BCUT2D eigenvalue weighted by atomic mass is 10.1. The average molecular weight is 379 g/mol. The molecule has 0 heterocycles. The fourth-order valence-corrected chi connectivity index (χ4v) is 2.49. The fraction of sp³-hybridized carbons (Fsp3) is 0.174. The average Bonchev–Trinajstić information content (AvgIpc) is 2.71. The molecule has 1 N–H and O–H groups in total. The molecule has 0 aromatic heterocycles. The van der Waals surface area contributed by atoms with Gasteiger partial charge in [0.15, 0.2) is 5.78 Å². The van der Waals surface area contributed by atoms with Crippen molar-refractivity contribution in [3.8, 4) is 17.2 Å². The first-order valence-corrected chi connectivity index (χ1v) is 8.68. The van der Waals surface area contributed by atoms with Crippen LogP contribution < -0.4 is 14.6 Å². The Balaban J connectivity index is 2.11. The van der Waals surface area contributed by atoms with Gasteiger partial charge in [-0.2, -0.15) is 0 Å². The largest absolute Gasteiger partial charge is 0.870 e. The van der Waals surface area contributed by atoms with Crippen molar-refractivity contribution in [2.24, 2.45) is 0 Å². The van der Waals surface area contributed by atoms with Gasteiger partial charge in [-0.15, -0.1) is 0 Å². The van der Waals surface area contributed by atoms with Gasteiger partial charge in [0.1, 0.15) is 11.5 Å². The molecule has 0 radical (unpaired) electrons. The van der Waals surface area contributed by atoms with Crippen molar-refractivity contribution in [2.75, 3.05) is 20.8 Å². The molecular formula is C23H23O5-. The number of ketones is 1. The molecule has 0 saturated carbocycles. The van der Waals surface area contributed by atoms with E-state index < -0.39 is 0 Å². The molecule has 5 nitrogen and oxygen atoms in total. The Morgan fingerprint density at radius 3 is 2.25 bits per heavy atom. The highest BCUT2D eigenvalue weighted by Gasteiger charge is 2.00. The smallest absolute Gasteiger partial charge is 0.179 e. The molecule has 0 amide bonds.